The Hall–Kier alpha value is -3.34. The number of para-hydroxylation sites is 1. The van der Waals surface area contributed by atoms with Crippen molar-refractivity contribution in [3.63, 3.8) is 0 Å². The Morgan fingerprint density at radius 2 is 1.73 bits per heavy atom. The lowest BCUT2D eigenvalue weighted by atomic mass is 10.1. The molecule has 0 bridgehead atoms. The highest BCUT2D eigenvalue weighted by atomic mass is 16.2. The molecular weight excluding hydrogens is 372 g/mol. The molecule has 1 aromatic heterocycles. The number of aromatic nitrogens is 1. The van der Waals surface area contributed by atoms with Gasteiger partial charge in [-0.3, -0.25) is 4.79 Å². The van der Waals surface area contributed by atoms with E-state index in [0.717, 1.165) is 45.0 Å². The highest BCUT2D eigenvalue weighted by Gasteiger charge is 2.24. The van der Waals surface area contributed by atoms with Crippen LogP contribution in [0.25, 0.3) is 0 Å². The van der Waals surface area contributed by atoms with Gasteiger partial charge in [0.15, 0.2) is 0 Å². The summed E-state index contributed by atoms with van der Waals surface area (Å²) in [5.74, 6) is 0.973. The Kier molecular flexibility index (Phi) is 4.87. The predicted molar refractivity (Wildman–Crippen MR) is 121 cm³/mol. The van der Waals surface area contributed by atoms with Crippen LogP contribution in [0.4, 0.5) is 17.2 Å². The zero-order chi connectivity index (χ0) is 20.5. The maximum Gasteiger partial charge on any atom is 0.255 e. The molecule has 0 saturated carbocycles. The molecule has 0 radical (unpaired) electrons. The Morgan fingerprint density at radius 1 is 0.900 bits per heavy atom. The lowest BCUT2D eigenvalue weighted by Gasteiger charge is -2.36. The van der Waals surface area contributed by atoms with E-state index in [1.54, 1.807) is 6.20 Å². The second-order valence-corrected chi connectivity index (χ2v) is 8.05. The van der Waals surface area contributed by atoms with Gasteiger partial charge < -0.3 is 14.7 Å². The van der Waals surface area contributed by atoms with Crippen LogP contribution in [0.15, 0.2) is 66.9 Å². The molecule has 0 unspecified atom stereocenters. The van der Waals surface area contributed by atoms with Gasteiger partial charge >= 0.3 is 0 Å². The maximum atomic E-state index is 13.0. The van der Waals surface area contributed by atoms with Gasteiger partial charge in [-0.05, 0) is 54.8 Å². The number of aryl methyl sites for hydroxylation is 1. The first-order valence-corrected chi connectivity index (χ1v) is 10.6. The summed E-state index contributed by atoms with van der Waals surface area (Å²) in [5.41, 5.74) is 5.73. The van der Waals surface area contributed by atoms with Crippen LogP contribution in [0, 0.1) is 6.92 Å². The van der Waals surface area contributed by atoms with Crippen LogP contribution in [0.3, 0.4) is 0 Å². The number of nitrogens with zero attached hydrogens (tertiary/aromatic N) is 4. The molecule has 5 rings (SSSR count). The molecule has 2 aliphatic heterocycles. The van der Waals surface area contributed by atoms with Crippen molar-refractivity contribution in [2.75, 3.05) is 42.5 Å². The first-order chi connectivity index (χ1) is 14.7. The van der Waals surface area contributed by atoms with Gasteiger partial charge in [0, 0.05) is 50.3 Å². The number of benzene rings is 2. The van der Waals surface area contributed by atoms with E-state index in [2.05, 4.69) is 70.2 Å². The molecule has 1 fully saturated rings. The first-order valence-electron chi connectivity index (χ1n) is 10.6. The minimum absolute atomic E-state index is 0.0692. The Labute approximate surface area is 177 Å². The van der Waals surface area contributed by atoms with E-state index < -0.39 is 0 Å². The summed E-state index contributed by atoms with van der Waals surface area (Å²) >= 11 is 0. The molecule has 1 saturated heterocycles. The van der Waals surface area contributed by atoms with Crippen LogP contribution in [-0.4, -0.2) is 48.5 Å². The molecule has 152 valence electrons. The van der Waals surface area contributed by atoms with Crippen molar-refractivity contribution in [2.45, 2.75) is 13.3 Å². The minimum atomic E-state index is 0.0692. The summed E-state index contributed by atoms with van der Waals surface area (Å²) in [6, 6.07) is 20.9. The summed E-state index contributed by atoms with van der Waals surface area (Å²) in [6.45, 7) is 6.21. The quantitative estimate of drug-likeness (QED) is 0.667. The number of carbonyl (C=O) groups is 1. The lowest BCUT2D eigenvalue weighted by Crippen LogP contribution is -2.48. The van der Waals surface area contributed by atoms with Crippen molar-refractivity contribution in [2.24, 2.45) is 0 Å². The second-order valence-electron chi connectivity index (χ2n) is 8.05. The normalized spacial score (nSPS) is 16.0. The number of pyridine rings is 1. The number of piperazine rings is 1. The molecule has 3 aromatic rings. The van der Waals surface area contributed by atoms with Crippen molar-refractivity contribution >= 4 is 23.1 Å². The third kappa shape index (κ3) is 3.52. The van der Waals surface area contributed by atoms with Gasteiger partial charge in [0.1, 0.15) is 5.82 Å². The van der Waals surface area contributed by atoms with E-state index in [4.69, 9.17) is 0 Å². The van der Waals surface area contributed by atoms with Gasteiger partial charge in [0.05, 0.1) is 5.56 Å². The number of carbonyl (C=O) groups excluding carboxylic acids is 1. The zero-order valence-electron chi connectivity index (χ0n) is 17.3. The average Bonchev–Trinajstić information content (AvgIpc) is 3.23. The highest BCUT2D eigenvalue weighted by Crippen LogP contribution is 2.33. The number of rotatable bonds is 3. The van der Waals surface area contributed by atoms with E-state index >= 15 is 0 Å². The Balaban J connectivity index is 1.24. The number of fused-ring (bicyclic) bond motifs is 1. The molecule has 30 heavy (non-hydrogen) atoms. The fraction of sp³-hybridized carbons (Fsp3) is 0.280. The SMILES string of the molecule is Cc1cccc(N2CCN(C(=O)c3ccc(N4CCc5ccccc54)nc3)CC2)c1. The molecule has 2 aliphatic rings. The van der Waals surface area contributed by atoms with E-state index in [9.17, 15) is 4.79 Å². The van der Waals surface area contributed by atoms with Crippen LogP contribution in [0.2, 0.25) is 0 Å². The van der Waals surface area contributed by atoms with E-state index in [1.165, 1.54) is 22.5 Å². The summed E-state index contributed by atoms with van der Waals surface area (Å²) in [7, 11) is 0. The topological polar surface area (TPSA) is 39.7 Å². The summed E-state index contributed by atoms with van der Waals surface area (Å²) in [6.07, 6.45) is 2.76. The molecule has 0 spiro atoms. The maximum absolute atomic E-state index is 13.0. The van der Waals surface area contributed by atoms with Crippen LogP contribution < -0.4 is 9.80 Å². The molecule has 0 aliphatic carbocycles. The van der Waals surface area contributed by atoms with Crippen molar-refractivity contribution in [3.8, 4) is 0 Å². The smallest absolute Gasteiger partial charge is 0.255 e. The fourth-order valence-electron chi connectivity index (χ4n) is 4.42. The van der Waals surface area contributed by atoms with Gasteiger partial charge in [-0.2, -0.15) is 0 Å². The fourth-order valence-corrected chi connectivity index (χ4v) is 4.42. The molecule has 5 heteroatoms. The number of hydrogen-bond acceptors (Lipinski definition) is 4. The van der Waals surface area contributed by atoms with Gasteiger partial charge in [-0.1, -0.05) is 30.3 Å². The molecule has 0 N–H and O–H groups in total. The van der Waals surface area contributed by atoms with Crippen molar-refractivity contribution in [1.82, 2.24) is 9.88 Å². The zero-order valence-corrected chi connectivity index (χ0v) is 17.3. The standard InChI is InChI=1S/C25H26N4O/c1-19-5-4-7-22(17-19)27-13-15-28(16-14-27)25(30)21-9-10-24(26-18-21)29-12-11-20-6-2-3-8-23(20)29/h2-10,17-18H,11-16H2,1H3. The third-order valence-corrected chi connectivity index (χ3v) is 6.09. The van der Waals surface area contributed by atoms with Crippen LogP contribution >= 0.6 is 0 Å². The molecule has 3 heterocycles. The minimum Gasteiger partial charge on any atom is -0.368 e. The van der Waals surface area contributed by atoms with Crippen LogP contribution in [0.5, 0.6) is 0 Å². The van der Waals surface area contributed by atoms with Crippen LogP contribution in [-0.2, 0) is 6.42 Å². The van der Waals surface area contributed by atoms with E-state index in [1.807, 2.05) is 17.0 Å². The summed E-state index contributed by atoms with van der Waals surface area (Å²) in [4.78, 5) is 24.1. The second kappa shape index (κ2) is 7.82. The number of amides is 1. The highest BCUT2D eigenvalue weighted by molar-refractivity contribution is 5.94. The van der Waals surface area contributed by atoms with Crippen LogP contribution in [0.1, 0.15) is 21.5 Å². The molecule has 0 atom stereocenters. The summed E-state index contributed by atoms with van der Waals surface area (Å²) in [5, 5.41) is 0. The van der Waals surface area contributed by atoms with E-state index in [0.29, 0.717) is 5.56 Å². The Morgan fingerprint density at radius 3 is 2.50 bits per heavy atom. The molecule has 2 aromatic carbocycles. The first kappa shape index (κ1) is 18.7. The Bertz CT molecular complexity index is 1050. The monoisotopic (exact) mass is 398 g/mol. The predicted octanol–water partition coefficient (Wildman–Crippen LogP) is 4.05. The number of hydrogen-bond donors (Lipinski definition) is 0. The van der Waals surface area contributed by atoms with Crippen molar-refractivity contribution in [1.29, 1.82) is 0 Å². The molecular formula is C25H26N4O. The lowest BCUT2D eigenvalue weighted by molar-refractivity contribution is 0.0746. The molecule has 1 amide bonds. The van der Waals surface area contributed by atoms with Gasteiger partial charge in [-0.25, -0.2) is 4.98 Å². The van der Waals surface area contributed by atoms with Gasteiger partial charge in [0.2, 0.25) is 0 Å². The molecule has 5 nitrogen and oxygen atoms in total. The third-order valence-electron chi connectivity index (χ3n) is 6.09. The van der Waals surface area contributed by atoms with Gasteiger partial charge in [-0.15, -0.1) is 0 Å². The number of anilines is 3. The van der Waals surface area contributed by atoms with Crippen molar-refractivity contribution < 1.29 is 4.79 Å². The van der Waals surface area contributed by atoms with Gasteiger partial charge in [0.25, 0.3) is 5.91 Å². The summed E-state index contributed by atoms with van der Waals surface area (Å²) < 4.78 is 0. The van der Waals surface area contributed by atoms with E-state index in [-0.39, 0.29) is 5.91 Å². The largest absolute Gasteiger partial charge is 0.368 e. The average molecular weight is 399 g/mol. The van der Waals surface area contributed by atoms with Crippen molar-refractivity contribution in [3.05, 3.63) is 83.6 Å².